The first-order valence-electron chi connectivity index (χ1n) is 5.13. The van der Waals surface area contributed by atoms with Crippen molar-refractivity contribution in [3.63, 3.8) is 0 Å². The van der Waals surface area contributed by atoms with Crippen molar-refractivity contribution in [2.45, 2.75) is 13.5 Å². The van der Waals surface area contributed by atoms with Crippen LogP contribution in [0.4, 0.5) is 0 Å². The van der Waals surface area contributed by atoms with E-state index >= 15 is 0 Å². The molecule has 17 heavy (non-hydrogen) atoms. The molecular weight excluding hydrogens is 218 g/mol. The van der Waals surface area contributed by atoms with Crippen LogP contribution in [0, 0.1) is 6.92 Å². The molecule has 6 nitrogen and oxygen atoms in total. The third-order valence-electron chi connectivity index (χ3n) is 2.56. The second kappa shape index (κ2) is 4.34. The number of carbonyl (C=O) groups is 1. The molecule has 0 radical (unpaired) electrons. The molecule has 88 valence electrons. The van der Waals surface area contributed by atoms with Gasteiger partial charge in [0.1, 0.15) is 0 Å². The lowest BCUT2D eigenvalue weighted by Gasteiger charge is -2.08. The van der Waals surface area contributed by atoms with Gasteiger partial charge < -0.3 is 11.5 Å². The van der Waals surface area contributed by atoms with Gasteiger partial charge in [-0.05, 0) is 18.6 Å². The Labute approximate surface area is 98.3 Å². The minimum Gasteiger partial charge on any atom is -0.366 e. The third kappa shape index (κ3) is 2.02. The first-order valence-corrected chi connectivity index (χ1v) is 5.13. The van der Waals surface area contributed by atoms with E-state index in [4.69, 9.17) is 11.5 Å². The molecule has 0 fully saturated rings. The second-order valence-corrected chi connectivity index (χ2v) is 3.67. The zero-order valence-electron chi connectivity index (χ0n) is 9.42. The predicted molar refractivity (Wildman–Crippen MR) is 62.5 cm³/mol. The Morgan fingerprint density at radius 1 is 1.53 bits per heavy atom. The van der Waals surface area contributed by atoms with E-state index < -0.39 is 5.91 Å². The van der Waals surface area contributed by atoms with Crippen LogP contribution in [0.25, 0.3) is 5.82 Å². The summed E-state index contributed by atoms with van der Waals surface area (Å²) in [6.07, 6.45) is 4.63. The number of pyridine rings is 1. The number of hydrogen-bond acceptors (Lipinski definition) is 4. The summed E-state index contributed by atoms with van der Waals surface area (Å²) in [7, 11) is 0. The minimum absolute atomic E-state index is 0.344. The Kier molecular flexibility index (Phi) is 2.88. The van der Waals surface area contributed by atoms with Crippen LogP contribution in [0.2, 0.25) is 0 Å². The lowest BCUT2D eigenvalue weighted by molar-refractivity contribution is 0.100. The van der Waals surface area contributed by atoms with E-state index in [1.165, 1.54) is 10.9 Å². The molecule has 2 heterocycles. The fourth-order valence-electron chi connectivity index (χ4n) is 1.59. The van der Waals surface area contributed by atoms with Crippen molar-refractivity contribution in [2.75, 3.05) is 0 Å². The monoisotopic (exact) mass is 231 g/mol. The summed E-state index contributed by atoms with van der Waals surface area (Å²) in [5, 5.41) is 4.06. The van der Waals surface area contributed by atoms with Crippen LogP contribution in [-0.4, -0.2) is 20.7 Å². The summed E-state index contributed by atoms with van der Waals surface area (Å²) in [6.45, 7) is 2.31. The normalized spacial score (nSPS) is 10.5. The minimum atomic E-state index is -0.516. The number of nitrogens with zero attached hydrogens (tertiary/aromatic N) is 3. The highest BCUT2D eigenvalue weighted by atomic mass is 16.1. The molecule has 0 unspecified atom stereocenters. The second-order valence-electron chi connectivity index (χ2n) is 3.67. The number of aryl methyl sites for hydroxylation is 1. The maximum Gasteiger partial charge on any atom is 0.251 e. The van der Waals surface area contributed by atoms with Gasteiger partial charge in [0, 0.05) is 24.5 Å². The molecule has 0 saturated carbocycles. The molecule has 0 aliphatic rings. The fraction of sp³-hybridized carbons (Fsp3) is 0.182. The van der Waals surface area contributed by atoms with Crippen molar-refractivity contribution in [2.24, 2.45) is 11.5 Å². The van der Waals surface area contributed by atoms with Gasteiger partial charge in [-0.3, -0.25) is 4.79 Å². The summed E-state index contributed by atoms with van der Waals surface area (Å²) in [5.74, 6) is 0.109. The van der Waals surface area contributed by atoms with Crippen molar-refractivity contribution in [3.8, 4) is 5.82 Å². The number of carbonyl (C=O) groups excluding carboxylic acids is 1. The summed E-state index contributed by atoms with van der Waals surface area (Å²) in [6, 6.07) is 1.88. The SMILES string of the molecule is Cc1ccnc(-n2cc(C(N)=O)cn2)c1CN. The van der Waals surface area contributed by atoms with Crippen LogP contribution in [0.1, 0.15) is 21.5 Å². The number of hydrogen-bond donors (Lipinski definition) is 2. The number of amides is 1. The Morgan fingerprint density at radius 2 is 2.29 bits per heavy atom. The lowest BCUT2D eigenvalue weighted by Crippen LogP contribution is -2.11. The van der Waals surface area contributed by atoms with E-state index in [9.17, 15) is 4.79 Å². The molecule has 1 amide bonds. The van der Waals surface area contributed by atoms with Crippen LogP contribution in [0.5, 0.6) is 0 Å². The Bertz CT molecular complexity index is 561. The molecular formula is C11H13N5O. The summed E-state index contributed by atoms with van der Waals surface area (Å²) < 4.78 is 1.51. The Balaban J connectivity index is 2.52. The van der Waals surface area contributed by atoms with E-state index in [0.29, 0.717) is 17.9 Å². The maximum absolute atomic E-state index is 11.0. The Morgan fingerprint density at radius 3 is 2.88 bits per heavy atom. The number of primary amides is 1. The Hall–Kier alpha value is -2.21. The smallest absolute Gasteiger partial charge is 0.251 e. The van der Waals surface area contributed by atoms with Gasteiger partial charge in [-0.2, -0.15) is 5.10 Å². The molecule has 2 aromatic heterocycles. The molecule has 2 aromatic rings. The average Bonchev–Trinajstić information content (AvgIpc) is 2.77. The molecule has 2 rings (SSSR count). The van der Waals surface area contributed by atoms with Crippen molar-refractivity contribution in [3.05, 3.63) is 41.3 Å². The standard InChI is InChI=1S/C11H13N5O/c1-7-2-3-14-11(9(7)4-12)16-6-8(5-15-16)10(13)17/h2-3,5-6H,4,12H2,1H3,(H2,13,17). The largest absolute Gasteiger partial charge is 0.366 e. The summed E-state index contributed by atoms with van der Waals surface area (Å²) >= 11 is 0. The van der Waals surface area contributed by atoms with Gasteiger partial charge in [0.25, 0.3) is 5.91 Å². The van der Waals surface area contributed by atoms with Gasteiger partial charge in [0.15, 0.2) is 5.82 Å². The van der Waals surface area contributed by atoms with Gasteiger partial charge in [-0.25, -0.2) is 9.67 Å². The highest BCUT2D eigenvalue weighted by molar-refractivity contribution is 5.92. The third-order valence-corrected chi connectivity index (χ3v) is 2.56. The number of rotatable bonds is 3. The van der Waals surface area contributed by atoms with E-state index in [0.717, 1.165) is 11.1 Å². The molecule has 0 aliphatic carbocycles. The molecule has 0 spiro atoms. The topological polar surface area (TPSA) is 99.8 Å². The summed E-state index contributed by atoms with van der Waals surface area (Å²) in [5.41, 5.74) is 13.1. The zero-order chi connectivity index (χ0) is 12.4. The first kappa shape index (κ1) is 11.3. The number of nitrogens with two attached hydrogens (primary N) is 2. The average molecular weight is 231 g/mol. The highest BCUT2D eigenvalue weighted by Crippen LogP contribution is 2.15. The molecule has 0 bridgehead atoms. The molecule has 0 aromatic carbocycles. The summed E-state index contributed by atoms with van der Waals surface area (Å²) in [4.78, 5) is 15.2. The van der Waals surface area contributed by atoms with Crippen LogP contribution in [-0.2, 0) is 6.54 Å². The van der Waals surface area contributed by atoms with Crippen LogP contribution < -0.4 is 11.5 Å². The van der Waals surface area contributed by atoms with Crippen molar-refractivity contribution in [1.29, 1.82) is 0 Å². The molecule has 0 atom stereocenters. The van der Waals surface area contributed by atoms with Gasteiger partial charge in [0.05, 0.1) is 11.8 Å². The quantitative estimate of drug-likeness (QED) is 0.784. The van der Waals surface area contributed by atoms with Crippen LogP contribution >= 0.6 is 0 Å². The van der Waals surface area contributed by atoms with Gasteiger partial charge >= 0.3 is 0 Å². The van der Waals surface area contributed by atoms with E-state index in [1.807, 2.05) is 13.0 Å². The fourth-order valence-corrected chi connectivity index (χ4v) is 1.59. The molecule has 0 saturated heterocycles. The van der Waals surface area contributed by atoms with Gasteiger partial charge in [-0.1, -0.05) is 0 Å². The number of aromatic nitrogens is 3. The molecule has 0 aliphatic heterocycles. The van der Waals surface area contributed by atoms with Crippen molar-refractivity contribution >= 4 is 5.91 Å². The highest BCUT2D eigenvalue weighted by Gasteiger charge is 2.10. The lowest BCUT2D eigenvalue weighted by atomic mass is 10.1. The van der Waals surface area contributed by atoms with Gasteiger partial charge in [0.2, 0.25) is 0 Å². The predicted octanol–water partition coefficient (Wildman–Crippen LogP) is 0.133. The van der Waals surface area contributed by atoms with Crippen molar-refractivity contribution in [1.82, 2.24) is 14.8 Å². The van der Waals surface area contributed by atoms with E-state index in [1.54, 1.807) is 12.4 Å². The zero-order valence-corrected chi connectivity index (χ0v) is 9.42. The molecule has 4 N–H and O–H groups in total. The van der Waals surface area contributed by atoms with Crippen molar-refractivity contribution < 1.29 is 4.79 Å². The molecule has 6 heteroatoms. The van der Waals surface area contributed by atoms with E-state index in [-0.39, 0.29) is 0 Å². The first-order chi connectivity index (χ1) is 8.13. The maximum atomic E-state index is 11.0. The van der Waals surface area contributed by atoms with Crippen LogP contribution in [0.3, 0.4) is 0 Å². The van der Waals surface area contributed by atoms with Gasteiger partial charge in [-0.15, -0.1) is 0 Å². The van der Waals surface area contributed by atoms with Crippen LogP contribution in [0.15, 0.2) is 24.7 Å². The van der Waals surface area contributed by atoms with E-state index in [2.05, 4.69) is 10.1 Å².